The van der Waals surface area contributed by atoms with Crippen LogP contribution in [0, 0.1) is 13.8 Å². The summed E-state index contributed by atoms with van der Waals surface area (Å²) in [6.45, 7) is 3.61. The second kappa shape index (κ2) is 5.23. The number of hydrogen-bond donors (Lipinski definition) is 0. The van der Waals surface area contributed by atoms with Crippen LogP contribution in [0.4, 0.5) is 0 Å². The Kier molecular flexibility index (Phi) is 3.83. The zero-order valence-electron chi connectivity index (χ0n) is 10.7. The maximum Gasteiger partial charge on any atom is 0.358 e. The van der Waals surface area contributed by atoms with Crippen LogP contribution in [0.1, 0.15) is 22.0 Å². The third-order valence-electron chi connectivity index (χ3n) is 2.82. The van der Waals surface area contributed by atoms with Gasteiger partial charge < -0.3 is 9.30 Å². The number of halogens is 2. The summed E-state index contributed by atoms with van der Waals surface area (Å²) in [5.74, 6) is 0.218. The van der Waals surface area contributed by atoms with Crippen molar-refractivity contribution in [2.75, 3.05) is 7.11 Å². The summed E-state index contributed by atoms with van der Waals surface area (Å²) in [5.41, 5.74) is 1.79. The highest BCUT2D eigenvalue weighted by atomic mass is 35.5. The van der Waals surface area contributed by atoms with Crippen LogP contribution in [0.2, 0.25) is 10.0 Å². The predicted octanol–water partition coefficient (Wildman–Crippen LogP) is 3.58. The van der Waals surface area contributed by atoms with Crippen molar-refractivity contribution in [1.82, 2.24) is 9.55 Å². The van der Waals surface area contributed by atoms with E-state index in [4.69, 9.17) is 27.9 Å². The summed E-state index contributed by atoms with van der Waals surface area (Å²) in [6, 6.07) is 5.25. The van der Waals surface area contributed by atoms with E-state index in [0.29, 0.717) is 27.3 Å². The molecule has 0 aliphatic carbocycles. The SMILES string of the molecule is COC(=O)c1nc(C)n(-c2ccc(Cl)c(Cl)c2)c1C. The highest BCUT2D eigenvalue weighted by molar-refractivity contribution is 6.42. The monoisotopic (exact) mass is 298 g/mol. The minimum absolute atomic E-state index is 0.297. The molecular weight excluding hydrogens is 287 g/mol. The van der Waals surface area contributed by atoms with Crippen LogP contribution >= 0.6 is 23.2 Å². The Morgan fingerprint density at radius 3 is 2.53 bits per heavy atom. The van der Waals surface area contributed by atoms with Crippen LogP contribution in [0.15, 0.2) is 18.2 Å². The number of hydrogen-bond acceptors (Lipinski definition) is 3. The number of rotatable bonds is 2. The molecule has 0 saturated carbocycles. The average Bonchev–Trinajstić information content (AvgIpc) is 2.68. The summed E-state index contributed by atoms with van der Waals surface area (Å²) in [6.07, 6.45) is 0. The first kappa shape index (κ1) is 13.9. The van der Waals surface area contributed by atoms with Gasteiger partial charge in [-0.1, -0.05) is 23.2 Å². The van der Waals surface area contributed by atoms with Crippen LogP contribution in [-0.4, -0.2) is 22.6 Å². The summed E-state index contributed by atoms with van der Waals surface area (Å²) in [4.78, 5) is 15.8. The molecule has 1 heterocycles. The lowest BCUT2D eigenvalue weighted by atomic mass is 10.3. The molecule has 19 heavy (non-hydrogen) atoms. The van der Waals surface area contributed by atoms with E-state index in [0.717, 1.165) is 5.69 Å². The van der Waals surface area contributed by atoms with Crippen molar-refractivity contribution in [3.8, 4) is 5.69 Å². The minimum atomic E-state index is -0.459. The Morgan fingerprint density at radius 2 is 1.95 bits per heavy atom. The van der Waals surface area contributed by atoms with E-state index in [1.807, 2.05) is 17.6 Å². The van der Waals surface area contributed by atoms with E-state index in [-0.39, 0.29) is 0 Å². The van der Waals surface area contributed by atoms with Gasteiger partial charge in [0.15, 0.2) is 5.69 Å². The Bertz CT molecular complexity index is 650. The number of methoxy groups -OCH3 is 1. The van der Waals surface area contributed by atoms with Gasteiger partial charge >= 0.3 is 5.97 Å². The number of carbonyl (C=O) groups is 1. The molecule has 100 valence electrons. The number of aromatic nitrogens is 2. The summed E-state index contributed by atoms with van der Waals surface area (Å²) in [7, 11) is 1.33. The molecule has 0 aliphatic rings. The van der Waals surface area contributed by atoms with Crippen molar-refractivity contribution < 1.29 is 9.53 Å². The van der Waals surface area contributed by atoms with Gasteiger partial charge in [0.2, 0.25) is 0 Å². The lowest BCUT2D eigenvalue weighted by Gasteiger charge is -2.09. The van der Waals surface area contributed by atoms with Crippen LogP contribution in [0.3, 0.4) is 0 Å². The Hall–Kier alpha value is -1.52. The van der Waals surface area contributed by atoms with Crippen LogP contribution in [0.25, 0.3) is 5.69 Å². The van der Waals surface area contributed by atoms with Gasteiger partial charge in [-0.15, -0.1) is 0 Å². The number of carbonyl (C=O) groups excluding carboxylic acids is 1. The molecule has 0 atom stereocenters. The maximum atomic E-state index is 11.6. The number of benzene rings is 1. The quantitative estimate of drug-likeness (QED) is 0.796. The van der Waals surface area contributed by atoms with E-state index in [9.17, 15) is 4.79 Å². The molecule has 0 N–H and O–H groups in total. The van der Waals surface area contributed by atoms with Crippen molar-refractivity contribution >= 4 is 29.2 Å². The van der Waals surface area contributed by atoms with E-state index in [2.05, 4.69) is 4.98 Å². The average molecular weight is 299 g/mol. The first-order valence-corrected chi connectivity index (χ1v) is 6.31. The van der Waals surface area contributed by atoms with Gasteiger partial charge in [0, 0.05) is 5.69 Å². The molecule has 0 fully saturated rings. The van der Waals surface area contributed by atoms with Crippen molar-refractivity contribution in [1.29, 1.82) is 0 Å². The minimum Gasteiger partial charge on any atom is -0.464 e. The van der Waals surface area contributed by atoms with Crippen molar-refractivity contribution in [3.63, 3.8) is 0 Å². The van der Waals surface area contributed by atoms with Gasteiger partial charge in [-0.25, -0.2) is 9.78 Å². The fourth-order valence-electron chi connectivity index (χ4n) is 1.94. The zero-order chi connectivity index (χ0) is 14.2. The number of imidazole rings is 1. The molecule has 2 rings (SSSR count). The fourth-order valence-corrected chi connectivity index (χ4v) is 2.23. The maximum absolute atomic E-state index is 11.6. The largest absolute Gasteiger partial charge is 0.464 e. The number of esters is 1. The fraction of sp³-hybridized carbons (Fsp3) is 0.231. The van der Waals surface area contributed by atoms with Gasteiger partial charge in [0.1, 0.15) is 5.82 Å². The third kappa shape index (κ3) is 2.46. The first-order chi connectivity index (χ1) is 8.95. The van der Waals surface area contributed by atoms with Gasteiger partial charge in [-0.3, -0.25) is 0 Å². The van der Waals surface area contributed by atoms with Crippen LogP contribution in [-0.2, 0) is 4.74 Å². The van der Waals surface area contributed by atoms with Gasteiger partial charge in [-0.2, -0.15) is 0 Å². The van der Waals surface area contributed by atoms with Crippen molar-refractivity contribution in [2.24, 2.45) is 0 Å². The van der Waals surface area contributed by atoms with E-state index < -0.39 is 5.97 Å². The van der Waals surface area contributed by atoms with E-state index in [1.165, 1.54) is 7.11 Å². The first-order valence-electron chi connectivity index (χ1n) is 5.55. The second-order valence-electron chi connectivity index (χ2n) is 4.02. The smallest absolute Gasteiger partial charge is 0.358 e. The summed E-state index contributed by atoms with van der Waals surface area (Å²) >= 11 is 11.9. The molecular formula is C13H12Cl2N2O2. The molecule has 1 aromatic carbocycles. The lowest BCUT2D eigenvalue weighted by Crippen LogP contribution is -2.05. The number of ether oxygens (including phenoxy) is 1. The summed E-state index contributed by atoms with van der Waals surface area (Å²) in [5, 5.41) is 0.931. The van der Waals surface area contributed by atoms with Crippen LogP contribution < -0.4 is 0 Å². The van der Waals surface area contributed by atoms with E-state index >= 15 is 0 Å². The molecule has 2 aromatic rings. The van der Waals surface area contributed by atoms with Gasteiger partial charge in [0.25, 0.3) is 0 Å². The lowest BCUT2D eigenvalue weighted by molar-refractivity contribution is 0.0593. The molecule has 0 amide bonds. The van der Waals surface area contributed by atoms with Crippen LogP contribution in [0.5, 0.6) is 0 Å². The molecule has 1 aromatic heterocycles. The predicted molar refractivity (Wildman–Crippen MR) is 74.4 cm³/mol. The zero-order valence-corrected chi connectivity index (χ0v) is 12.2. The molecule has 0 spiro atoms. The summed E-state index contributed by atoms with van der Waals surface area (Å²) < 4.78 is 6.53. The molecule has 0 radical (unpaired) electrons. The number of nitrogens with zero attached hydrogens (tertiary/aromatic N) is 2. The molecule has 0 saturated heterocycles. The Labute approximate surface area is 120 Å². The Balaban J connectivity index is 2.59. The molecule has 4 nitrogen and oxygen atoms in total. The normalized spacial score (nSPS) is 10.6. The van der Waals surface area contributed by atoms with Crippen molar-refractivity contribution in [2.45, 2.75) is 13.8 Å². The van der Waals surface area contributed by atoms with Gasteiger partial charge in [0.05, 0.1) is 22.8 Å². The Morgan fingerprint density at radius 1 is 1.26 bits per heavy atom. The van der Waals surface area contributed by atoms with E-state index in [1.54, 1.807) is 19.1 Å². The molecule has 0 unspecified atom stereocenters. The van der Waals surface area contributed by atoms with Crippen molar-refractivity contribution in [3.05, 3.63) is 45.5 Å². The highest BCUT2D eigenvalue weighted by Gasteiger charge is 2.19. The topological polar surface area (TPSA) is 44.1 Å². The second-order valence-corrected chi connectivity index (χ2v) is 4.83. The highest BCUT2D eigenvalue weighted by Crippen LogP contribution is 2.26. The standard InChI is InChI=1S/C13H12Cl2N2O2/c1-7-12(13(18)19-3)16-8(2)17(7)9-4-5-10(14)11(15)6-9/h4-6H,1-3H3. The van der Waals surface area contributed by atoms with Gasteiger partial charge in [-0.05, 0) is 32.0 Å². The molecule has 6 heteroatoms. The molecule has 0 aliphatic heterocycles. The number of aryl methyl sites for hydroxylation is 1. The molecule has 0 bridgehead atoms. The third-order valence-corrected chi connectivity index (χ3v) is 3.55.